The van der Waals surface area contributed by atoms with E-state index in [2.05, 4.69) is 16.0 Å². The van der Waals surface area contributed by atoms with E-state index in [4.69, 9.17) is 0 Å². The Morgan fingerprint density at radius 3 is 2.18 bits per heavy atom. The fourth-order valence-electron chi connectivity index (χ4n) is 2.44. The average molecular weight is 326 g/mol. The highest BCUT2D eigenvalue weighted by Crippen LogP contribution is 2.30. The molecule has 0 radical (unpaired) electrons. The zero-order chi connectivity index (χ0) is 14.9. The average Bonchev–Trinajstić information content (AvgIpc) is 3.15. The molecule has 2 aromatic heterocycles. The highest BCUT2D eigenvalue weighted by molar-refractivity contribution is 7.19. The molecule has 22 heavy (non-hydrogen) atoms. The molecule has 3 nitrogen and oxygen atoms in total. The van der Waals surface area contributed by atoms with Gasteiger partial charge in [0.05, 0.1) is 25.4 Å². The van der Waals surface area contributed by atoms with E-state index in [1.54, 1.807) is 22.7 Å². The molecule has 2 heterocycles. The Hall–Kier alpha value is -1.82. The highest BCUT2D eigenvalue weighted by atomic mass is 32.1. The largest absolute Gasteiger partial charge is 0.386 e. The number of para-hydroxylation sites is 2. The standard InChI is InChI=1S/C17H14N2OS2/c20-13(17-19-12-6-2-4-8-15(12)22-17)9-10-16-18-11-5-1-3-7-14(11)21-16/h1-8,13,20H,9-10H2/t13-/m1/s1. The predicted octanol–water partition coefficient (Wildman–Crippen LogP) is 4.57. The number of aryl methyl sites for hydroxylation is 1. The number of hydrogen-bond donors (Lipinski definition) is 1. The normalized spacial score (nSPS) is 13.0. The first-order chi connectivity index (χ1) is 10.8. The smallest absolute Gasteiger partial charge is 0.123 e. The fourth-order valence-corrected chi connectivity index (χ4v) is 4.41. The molecule has 4 aromatic rings. The van der Waals surface area contributed by atoms with E-state index in [1.807, 2.05) is 42.5 Å². The van der Waals surface area contributed by atoms with Gasteiger partial charge in [-0.1, -0.05) is 24.3 Å². The van der Waals surface area contributed by atoms with Crippen molar-refractivity contribution in [2.75, 3.05) is 0 Å². The van der Waals surface area contributed by atoms with Crippen LogP contribution in [0, 0.1) is 0 Å². The van der Waals surface area contributed by atoms with Crippen molar-refractivity contribution in [2.24, 2.45) is 0 Å². The van der Waals surface area contributed by atoms with Crippen molar-refractivity contribution < 1.29 is 5.11 Å². The lowest BCUT2D eigenvalue weighted by Crippen LogP contribution is -1.98. The van der Waals surface area contributed by atoms with Gasteiger partial charge in [0.25, 0.3) is 0 Å². The molecule has 0 spiro atoms. The first kappa shape index (κ1) is 13.8. The van der Waals surface area contributed by atoms with Crippen LogP contribution in [0.5, 0.6) is 0 Å². The van der Waals surface area contributed by atoms with Gasteiger partial charge in [0.2, 0.25) is 0 Å². The minimum atomic E-state index is -0.524. The lowest BCUT2D eigenvalue weighted by molar-refractivity contribution is 0.167. The molecule has 5 heteroatoms. The summed E-state index contributed by atoms with van der Waals surface area (Å²) in [4.78, 5) is 9.13. The minimum Gasteiger partial charge on any atom is -0.386 e. The van der Waals surface area contributed by atoms with Crippen LogP contribution in [0.3, 0.4) is 0 Å². The zero-order valence-electron chi connectivity index (χ0n) is 11.8. The first-order valence-electron chi connectivity index (χ1n) is 7.17. The number of thiazole rings is 2. The molecule has 0 fully saturated rings. The van der Waals surface area contributed by atoms with Gasteiger partial charge < -0.3 is 5.11 Å². The number of hydrogen-bond acceptors (Lipinski definition) is 5. The van der Waals surface area contributed by atoms with Crippen LogP contribution in [0.4, 0.5) is 0 Å². The maximum atomic E-state index is 10.4. The van der Waals surface area contributed by atoms with Crippen LogP contribution in [0.2, 0.25) is 0 Å². The molecule has 2 aromatic carbocycles. The van der Waals surface area contributed by atoms with Crippen molar-refractivity contribution >= 4 is 43.1 Å². The summed E-state index contributed by atoms with van der Waals surface area (Å²) in [6.07, 6.45) is 0.903. The van der Waals surface area contributed by atoms with E-state index in [0.717, 1.165) is 32.2 Å². The first-order valence-corrected chi connectivity index (χ1v) is 8.81. The third-order valence-corrected chi connectivity index (χ3v) is 5.80. The zero-order valence-corrected chi connectivity index (χ0v) is 13.4. The van der Waals surface area contributed by atoms with Crippen molar-refractivity contribution in [1.82, 2.24) is 9.97 Å². The van der Waals surface area contributed by atoms with Crippen molar-refractivity contribution in [3.63, 3.8) is 0 Å². The predicted molar refractivity (Wildman–Crippen MR) is 92.5 cm³/mol. The molecule has 0 unspecified atom stereocenters. The van der Waals surface area contributed by atoms with E-state index in [-0.39, 0.29) is 0 Å². The topological polar surface area (TPSA) is 46.0 Å². The summed E-state index contributed by atoms with van der Waals surface area (Å²) in [5.74, 6) is 0. The van der Waals surface area contributed by atoms with Gasteiger partial charge in [-0.25, -0.2) is 9.97 Å². The van der Waals surface area contributed by atoms with E-state index in [0.29, 0.717) is 6.42 Å². The summed E-state index contributed by atoms with van der Waals surface area (Å²) in [6, 6.07) is 16.1. The number of fused-ring (bicyclic) bond motifs is 2. The van der Waals surface area contributed by atoms with Gasteiger partial charge in [-0.3, -0.25) is 0 Å². The summed E-state index contributed by atoms with van der Waals surface area (Å²) in [5.41, 5.74) is 2.00. The van der Waals surface area contributed by atoms with Crippen molar-refractivity contribution in [2.45, 2.75) is 18.9 Å². The Balaban J connectivity index is 1.50. The van der Waals surface area contributed by atoms with E-state index in [1.165, 1.54) is 4.70 Å². The number of rotatable bonds is 4. The molecule has 0 bridgehead atoms. The summed E-state index contributed by atoms with van der Waals surface area (Å²) in [6.45, 7) is 0. The Kier molecular flexibility index (Phi) is 3.62. The molecule has 110 valence electrons. The molecule has 0 amide bonds. The number of aliphatic hydroxyl groups is 1. The summed E-state index contributed by atoms with van der Waals surface area (Å²) in [5, 5.41) is 12.2. The van der Waals surface area contributed by atoms with Crippen LogP contribution in [0.15, 0.2) is 48.5 Å². The lowest BCUT2D eigenvalue weighted by Gasteiger charge is -2.04. The van der Waals surface area contributed by atoms with Crippen LogP contribution in [0.25, 0.3) is 20.4 Å². The molecular weight excluding hydrogens is 312 g/mol. The number of nitrogens with zero attached hydrogens (tertiary/aromatic N) is 2. The van der Waals surface area contributed by atoms with Crippen LogP contribution in [-0.4, -0.2) is 15.1 Å². The van der Waals surface area contributed by atoms with Gasteiger partial charge in [0.1, 0.15) is 11.1 Å². The fraction of sp³-hybridized carbons (Fsp3) is 0.176. The Morgan fingerprint density at radius 2 is 1.50 bits per heavy atom. The second-order valence-electron chi connectivity index (χ2n) is 5.15. The monoisotopic (exact) mass is 326 g/mol. The molecule has 0 saturated heterocycles. The van der Waals surface area contributed by atoms with Crippen LogP contribution < -0.4 is 0 Å². The minimum absolute atomic E-state index is 0.524. The quantitative estimate of drug-likeness (QED) is 0.597. The highest BCUT2D eigenvalue weighted by Gasteiger charge is 2.14. The van der Waals surface area contributed by atoms with Crippen molar-refractivity contribution in [3.05, 3.63) is 58.5 Å². The van der Waals surface area contributed by atoms with Gasteiger partial charge in [0, 0.05) is 6.42 Å². The number of benzene rings is 2. The summed E-state index contributed by atoms with van der Waals surface area (Å²) < 4.78 is 2.32. The second-order valence-corrected chi connectivity index (χ2v) is 7.33. The molecular formula is C17H14N2OS2. The Bertz CT molecular complexity index is 862. The third kappa shape index (κ3) is 2.63. The lowest BCUT2D eigenvalue weighted by atomic mass is 10.2. The molecule has 0 aliphatic heterocycles. The van der Waals surface area contributed by atoms with Gasteiger partial charge in [-0.2, -0.15) is 0 Å². The van der Waals surface area contributed by atoms with Gasteiger partial charge in [-0.05, 0) is 30.7 Å². The number of aliphatic hydroxyl groups excluding tert-OH is 1. The molecule has 0 aliphatic carbocycles. The summed E-state index contributed by atoms with van der Waals surface area (Å²) >= 11 is 3.27. The Morgan fingerprint density at radius 1 is 0.864 bits per heavy atom. The SMILES string of the molecule is O[C@H](CCc1nc2ccccc2s1)c1nc2ccccc2s1. The maximum absolute atomic E-state index is 10.4. The van der Waals surface area contributed by atoms with Gasteiger partial charge in [-0.15, -0.1) is 22.7 Å². The van der Waals surface area contributed by atoms with Gasteiger partial charge in [0.15, 0.2) is 0 Å². The van der Waals surface area contributed by atoms with E-state index >= 15 is 0 Å². The molecule has 4 rings (SSSR count). The number of aromatic nitrogens is 2. The third-order valence-electron chi connectivity index (χ3n) is 3.57. The van der Waals surface area contributed by atoms with Gasteiger partial charge >= 0.3 is 0 Å². The van der Waals surface area contributed by atoms with Crippen LogP contribution in [-0.2, 0) is 6.42 Å². The second kappa shape index (κ2) is 5.76. The van der Waals surface area contributed by atoms with Crippen LogP contribution >= 0.6 is 22.7 Å². The van der Waals surface area contributed by atoms with Crippen molar-refractivity contribution in [3.8, 4) is 0 Å². The molecule has 1 atom stereocenters. The molecule has 0 aliphatic rings. The van der Waals surface area contributed by atoms with E-state index < -0.39 is 6.10 Å². The molecule has 1 N–H and O–H groups in total. The Labute approximate surface area is 135 Å². The van der Waals surface area contributed by atoms with Crippen LogP contribution in [0.1, 0.15) is 22.5 Å². The van der Waals surface area contributed by atoms with Crippen molar-refractivity contribution in [1.29, 1.82) is 0 Å². The van der Waals surface area contributed by atoms with E-state index in [9.17, 15) is 5.11 Å². The maximum Gasteiger partial charge on any atom is 0.123 e. The summed E-state index contributed by atoms with van der Waals surface area (Å²) in [7, 11) is 0. The molecule has 0 saturated carbocycles.